The van der Waals surface area contributed by atoms with E-state index >= 15 is 0 Å². The quantitative estimate of drug-likeness (QED) is 0.850. The van der Waals surface area contributed by atoms with Crippen LogP contribution in [-0.4, -0.2) is 18.6 Å². The Bertz CT molecular complexity index is 459. The van der Waals surface area contributed by atoms with Crippen molar-refractivity contribution in [3.8, 4) is 0 Å². The normalized spacial score (nSPS) is 23.5. The Morgan fingerprint density at radius 1 is 1.33 bits per heavy atom. The topological polar surface area (TPSA) is 55.1 Å². The zero-order valence-electron chi connectivity index (χ0n) is 9.50. The van der Waals surface area contributed by atoms with Gasteiger partial charge in [-0.05, 0) is 11.1 Å². The number of amides is 1. The van der Waals surface area contributed by atoms with Crippen molar-refractivity contribution in [3.05, 3.63) is 35.4 Å². The highest BCUT2D eigenvalue weighted by Gasteiger charge is 2.37. The van der Waals surface area contributed by atoms with E-state index in [0.29, 0.717) is 11.1 Å². The van der Waals surface area contributed by atoms with E-state index in [1.807, 2.05) is 0 Å². The summed E-state index contributed by atoms with van der Waals surface area (Å²) >= 11 is 0. The third-order valence-corrected chi connectivity index (χ3v) is 3.09. The van der Waals surface area contributed by atoms with Gasteiger partial charge in [0.2, 0.25) is 5.91 Å². The number of hydrogen-bond acceptors (Lipinski definition) is 2. The van der Waals surface area contributed by atoms with E-state index in [0.717, 1.165) is 0 Å². The van der Waals surface area contributed by atoms with Gasteiger partial charge in [-0.15, -0.1) is 0 Å². The number of hydrogen-bond donors (Lipinski definition) is 2. The van der Waals surface area contributed by atoms with E-state index in [2.05, 4.69) is 5.32 Å². The van der Waals surface area contributed by atoms with E-state index < -0.39 is 30.5 Å². The Kier molecular flexibility index (Phi) is 3.30. The summed E-state index contributed by atoms with van der Waals surface area (Å²) in [5, 5.41) is 2.74. The molecule has 3 N–H and O–H groups in total. The molecule has 1 aromatic rings. The number of fused-ring (bicyclic) bond motifs is 1. The van der Waals surface area contributed by atoms with Crippen molar-refractivity contribution in [2.24, 2.45) is 5.73 Å². The van der Waals surface area contributed by atoms with Crippen LogP contribution in [0.25, 0.3) is 0 Å². The molecule has 0 spiro atoms. The van der Waals surface area contributed by atoms with E-state index in [4.69, 9.17) is 5.73 Å². The van der Waals surface area contributed by atoms with Crippen LogP contribution < -0.4 is 11.1 Å². The lowest BCUT2D eigenvalue weighted by Crippen LogP contribution is -2.40. The first kappa shape index (κ1) is 12.9. The van der Waals surface area contributed by atoms with E-state index in [9.17, 15) is 18.0 Å². The van der Waals surface area contributed by atoms with Crippen molar-refractivity contribution in [3.63, 3.8) is 0 Å². The number of carbonyl (C=O) groups excluding carboxylic acids is 1. The van der Waals surface area contributed by atoms with Crippen LogP contribution in [0.5, 0.6) is 0 Å². The third kappa shape index (κ3) is 2.64. The molecule has 0 aromatic heterocycles. The van der Waals surface area contributed by atoms with Crippen LogP contribution in [0.15, 0.2) is 24.3 Å². The molecule has 18 heavy (non-hydrogen) atoms. The Morgan fingerprint density at radius 3 is 2.50 bits per heavy atom. The smallest absolute Gasteiger partial charge is 0.369 e. The van der Waals surface area contributed by atoms with Crippen LogP contribution in [0.2, 0.25) is 0 Å². The number of nitrogens with one attached hydrogen (secondary N) is 1. The van der Waals surface area contributed by atoms with Crippen LogP contribution in [0.1, 0.15) is 29.5 Å². The summed E-state index contributed by atoms with van der Waals surface area (Å²) in [5.41, 5.74) is 6.35. The van der Waals surface area contributed by atoms with Gasteiger partial charge < -0.3 is 11.1 Å². The lowest BCUT2D eigenvalue weighted by atomic mass is 9.85. The summed E-state index contributed by atoms with van der Waals surface area (Å²) < 4.78 is 37.4. The molecule has 1 aromatic carbocycles. The van der Waals surface area contributed by atoms with Crippen molar-refractivity contribution >= 4 is 5.91 Å². The maximum Gasteiger partial charge on any atom is 0.390 e. The average molecular weight is 258 g/mol. The zero-order chi connectivity index (χ0) is 13.3. The molecule has 0 radical (unpaired) electrons. The number of rotatable bonds is 2. The minimum atomic E-state index is -4.25. The van der Waals surface area contributed by atoms with E-state index in [1.165, 1.54) is 0 Å². The molecule has 0 fully saturated rings. The van der Waals surface area contributed by atoms with Crippen molar-refractivity contribution in [2.45, 2.75) is 24.6 Å². The molecular formula is C12H13F3N2O. The Balaban J connectivity index is 2.33. The van der Waals surface area contributed by atoms with Crippen LogP contribution in [-0.2, 0) is 4.79 Å². The fraction of sp³-hybridized carbons (Fsp3) is 0.417. The van der Waals surface area contributed by atoms with E-state index in [-0.39, 0.29) is 6.54 Å². The predicted octanol–water partition coefficient (Wildman–Crippen LogP) is 1.85. The summed E-state index contributed by atoms with van der Waals surface area (Å²) in [6, 6.07) is 5.82. The maximum absolute atomic E-state index is 12.5. The van der Waals surface area contributed by atoms with Gasteiger partial charge in [-0.25, -0.2) is 0 Å². The van der Waals surface area contributed by atoms with Crippen LogP contribution in [0.4, 0.5) is 13.2 Å². The summed E-state index contributed by atoms with van der Waals surface area (Å²) in [6.45, 7) is 0.146. The first-order chi connectivity index (χ1) is 8.38. The summed E-state index contributed by atoms with van der Waals surface area (Å²) in [6.07, 6.45) is -5.19. The molecule has 2 unspecified atom stereocenters. The standard InChI is InChI=1S/C12H13F3N2O/c13-12(14,15)5-10-8-4-2-1-3-7(8)9(6-17-10)11(16)18/h1-4,9-10,17H,5-6H2,(H2,16,18). The molecule has 3 nitrogen and oxygen atoms in total. The summed E-state index contributed by atoms with van der Waals surface area (Å²) in [4.78, 5) is 11.3. The van der Waals surface area contributed by atoms with Gasteiger partial charge in [0.05, 0.1) is 12.3 Å². The Labute approximate surface area is 102 Å². The molecule has 0 saturated carbocycles. The average Bonchev–Trinajstić information content (AvgIpc) is 2.27. The number of benzene rings is 1. The van der Waals surface area contributed by atoms with Crippen molar-refractivity contribution in [1.82, 2.24) is 5.32 Å². The fourth-order valence-corrected chi connectivity index (χ4v) is 2.29. The second kappa shape index (κ2) is 4.61. The van der Waals surface area contributed by atoms with Gasteiger partial charge in [-0.2, -0.15) is 13.2 Å². The minimum Gasteiger partial charge on any atom is -0.369 e. The Morgan fingerprint density at radius 2 is 1.94 bits per heavy atom. The fourth-order valence-electron chi connectivity index (χ4n) is 2.29. The van der Waals surface area contributed by atoms with Gasteiger partial charge in [0.1, 0.15) is 0 Å². The second-order valence-corrected chi connectivity index (χ2v) is 4.36. The van der Waals surface area contributed by atoms with Gasteiger partial charge >= 0.3 is 6.18 Å². The first-order valence-electron chi connectivity index (χ1n) is 5.57. The first-order valence-corrected chi connectivity index (χ1v) is 5.57. The summed E-state index contributed by atoms with van der Waals surface area (Å²) in [7, 11) is 0. The zero-order valence-corrected chi connectivity index (χ0v) is 9.50. The van der Waals surface area contributed by atoms with Crippen molar-refractivity contribution in [1.29, 1.82) is 0 Å². The molecule has 98 valence electrons. The molecule has 1 aliphatic heterocycles. The predicted molar refractivity (Wildman–Crippen MR) is 59.8 cm³/mol. The van der Waals surface area contributed by atoms with Gasteiger partial charge in [-0.1, -0.05) is 24.3 Å². The van der Waals surface area contributed by atoms with Gasteiger partial charge in [-0.3, -0.25) is 4.79 Å². The number of carbonyl (C=O) groups is 1. The van der Waals surface area contributed by atoms with Crippen molar-refractivity contribution in [2.75, 3.05) is 6.54 Å². The van der Waals surface area contributed by atoms with E-state index in [1.54, 1.807) is 24.3 Å². The molecule has 1 aliphatic rings. The molecule has 1 amide bonds. The molecule has 2 atom stereocenters. The number of halogens is 3. The monoisotopic (exact) mass is 258 g/mol. The molecule has 0 saturated heterocycles. The van der Waals surface area contributed by atoms with Crippen LogP contribution in [0, 0.1) is 0 Å². The number of primary amides is 1. The maximum atomic E-state index is 12.5. The van der Waals surface area contributed by atoms with Gasteiger partial charge in [0.15, 0.2) is 0 Å². The number of nitrogens with two attached hydrogens (primary N) is 1. The summed E-state index contributed by atoms with van der Waals surface area (Å²) in [5.74, 6) is -1.09. The largest absolute Gasteiger partial charge is 0.390 e. The SMILES string of the molecule is NC(=O)C1CNC(CC(F)(F)F)c2ccccc21. The van der Waals surface area contributed by atoms with Gasteiger partial charge in [0, 0.05) is 12.6 Å². The highest BCUT2D eigenvalue weighted by molar-refractivity contribution is 5.83. The molecular weight excluding hydrogens is 245 g/mol. The third-order valence-electron chi connectivity index (χ3n) is 3.09. The van der Waals surface area contributed by atoms with Crippen molar-refractivity contribution < 1.29 is 18.0 Å². The molecule has 0 bridgehead atoms. The van der Waals surface area contributed by atoms with Crippen LogP contribution in [0.3, 0.4) is 0 Å². The molecule has 6 heteroatoms. The van der Waals surface area contributed by atoms with Crippen LogP contribution >= 0.6 is 0 Å². The molecule has 2 rings (SSSR count). The highest BCUT2D eigenvalue weighted by atomic mass is 19.4. The molecule has 1 heterocycles. The molecule has 0 aliphatic carbocycles. The lowest BCUT2D eigenvalue weighted by molar-refractivity contribution is -0.140. The second-order valence-electron chi connectivity index (χ2n) is 4.36. The number of alkyl halides is 3. The highest BCUT2D eigenvalue weighted by Crippen LogP contribution is 2.36. The van der Waals surface area contributed by atoms with Gasteiger partial charge in [0.25, 0.3) is 0 Å². The lowest BCUT2D eigenvalue weighted by Gasteiger charge is -2.31. The Hall–Kier alpha value is -1.56. The minimum absolute atomic E-state index is 0.146.